The van der Waals surface area contributed by atoms with Crippen molar-refractivity contribution in [2.24, 2.45) is 5.92 Å². The maximum atomic E-state index is 12.8. The molecule has 0 spiro atoms. The quantitative estimate of drug-likeness (QED) is 0.907. The summed E-state index contributed by atoms with van der Waals surface area (Å²) in [6, 6.07) is 8.60. The van der Waals surface area contributed by atoms with Gasteiger partial charge in [-0.15, -0.1) is 0 Å². The average molecular weight is 352 g/mol. The van der Waals surface area contributed by atoms with Crippen molar-refractivity contribution in [1.29, 1.82) is 0 Å². The first-order chi connectivity index (χ1) is 11.5. The fraction of sp³-hybridized carbons (Fsp3) is 0.667. The Morgan fingerprint density at radius 2 is 1.75 bits per heavy atom. The van der Waals surface area contributed by atoms with Gasteiger partial charge in [-0.1, -0.05) is 25.1 Å². The molecule has 3 rings (SSSR count). The van der Waals surface area contributed by atoms with Gasteiger partial charge in [0.1, 0.15) is 0 Å². The first-order valence-corrected chi connectivity index (χ1v) is 10.4. The van der Waals surface area contributed by atoms with E-state index < -0.39 is 10.2 Å². The van der Waals surface area contributed by atoms with E-state index in [1.54, 1.807) is 8.61 Å². The molecule has 1 aromatic carbocycles. The van der Waals surface area contributed by atoms with Crippen LogP contribution in [-0.2, 0) is 10.2 Å². The summed E-state index contributed by atoms with van der Waals surface area (Å²) >= 11 is 0. The molecule has 6 heteroatoms. The van der Waals surface area contributed by atoms with Crippen LogP contribution in [0.25, 0.3) is 0 Å². The number of piperidine rings is 2. The second-order valence-corrected chi connectivity index (χ2v) is 9.17. The third-order valence-electron chi connectivity index (χ3n) is 5.23. The Labute approximate surface area is 146 Å². The van der Waals surface area contributed by atoms with Gasteiger partial charge in [0, 0.05) is 37.9 Å². The highest BCUT2D eigenvalue weighted by molar-refractivity contribution is 7.86. The van der Waals surface area contributed by atoms with Gasteiger partial charge < -0.3 is 5.32 Å². The lowest BCUT2D eigenvalue weighted by molar-refractivity contribution is 0.244. The maximum absolute atomic E-state index is 12.8. The van der Waals surface area contributed by atoms with Crippen molar-refractivity contribution in [3.05, 3.63) is 29.8 Å². The summed E-state index contributed by atoms with van der Waals surface area (Å²) in [4.78, 5) is 0. The number of nitrogens with zero attached hydrogens (tertiary/aromatic N) is 2. The van der Waals surface area contributed by atoms with E-state index in [9.17, 15) is 8.42 Å². The second-order valence-electron chi connectivity index (χ2n) is 7.25. The summed E-state index contributed by atoms with van der Waals surface area (Å²) in [5, 5.41) is 3.57. The average Bonchev–Trinajstić information content (AvgIpc) is 2.57. The predicted octanol–water partition coefficient (Wildman–Crippen LogP) is 2.85. The second kappa shape index (κ2) is 7.42. The Hall–Kier alpha value is -1.11. The zero-order valence-corrected chi connectivity index (χ0v) is 15.6. The van der Waals surface area contributed by atoms with E-state index >= 15 is 0 Å². The van der Waals surface area contributed by atoms with Gasteiger partial charge in [-0.2, -0.15) is 17.0 Å². The highest BCUT2D eigenvalue weighted by Gasteiger charge is 2.34. The number of anilines is 1. The summed E-state index contributed by atoms with van der Waals surface area (Å²) in [6.07, 6.45) is 3.83. The molecular weight excluding hydrogens is 322 g/mol. The molecule has 0 aromatic heterocycles. The van der Waals surface area contributed by atoms with Gasteiger partial charge in [-0.3, -0.25) is 0 Å². The molecule has 5 nitrogen and oxygen atoms in total. The van der Waals surface area contributed by atoms with E-state index in [0.717, 1.165) is 31.4 Å². The fourth-order valence-corrected chi connectivity index (χ4v) is 5.51. The van der Waals surface area contributed by atoms with Crippen molar-refractivity contribution in [1.82, 2.24) is 8.61 Å². The third-order valence-corrected chi connectivity index (χ3v) is 7.23. The maximum Gasteiger partial charge on any atom is 0.281 e. The Balaban J connectivity index is 1.57. The predicted molar refractivity (Wildman–Crippen MR) is 98.3 cm³/mol. The summed E-state index contributed by atoms with van der Waals surface area (Å²) in [6.45, 7) is 6.80. The zero-order chi connectivity index (χ0) is 17.2. The standard InChI is InChI=1S/C18H29N3O2S/c1-15-6-5-11-21(14-15)24(22,23)20-12-9-17(10-13-20)19-18-8-4-3-7-16(18)2/h3-4,7-8,15,17,19H,5-6,9-14H2,1-2H3/t15-/m0/s1. The first kappa shape index (κ1) is 17.7. The van der Waals surface area contributed by atoms with Crippen LogP contribution < -0.4 is 5.32 Å². The van der Waals surface area contributed by atoms with E-state index in [0.29, 0.717) is 38.1 Å². The molecule has 1 aromatic rings. The largest absolute Gasteiger partial charge is 0.382 e. The number of nitrogens with one attached hydrogen (secondary N) is 1. The number of hydrogen-bond donors (Lipinski definition) is 1. The fourth-order valence-electron chi connectivity index (χ4n) is 3.70. The number of aryl methyl sites for hydroxylation is 1. The van der Waals surface area contributed by atoms with Crippen molar-refractivity contribution in [2.75, 3.05) is 31.5 Å². The summed E-state index contributed by atoms with van der Waals surface area (Å²) < 4.78 is 29.0. The monoisotopic (exact) mass is 351 g/mol. The van der Waals surface area contributed by atoms with E-state index in [-0.39, 0.29) is 0 Å². The van der Waals surface area contributed by atoms with Crippen LogP contribution in [0.5, 0.6) is 0 Å². The van der Waals surface area contributed by atoms with Crippen LogP contribution in [0.4, 0.5) is 5.69 Å². The van der Waals surface area contributed by atoms with Crippen LogP contribution in [0.3, 0.4) is 0 Å². The molecule has 2 aliphatic heterocycles. The van der Waals surface area contributed by atoms with Gasteiger partial charge in [0.25, 0.3) is 10.2 Å². The van der Waals surface area contributed by atoms with E-state index in [1.165, 1.54) is 5.56 Å². The smallest absolute Gasteiger partial charge is 0.281 e. The SMILES string of the molecule is Cc1ccccc1NC1CCN(S(=O)(=O)N2CCC[C@H](C)C2)CC1. The van der Waals surface area contributed by atoms with E-state index in [1.807, 2.05) is 12.1 Å². The highest BCUT2D eigenvalue weighted by Crippen LogP contribution is 2.25. The van der Waals surface area contributed by atoms with Crippen molar-refractivity contribution < 1.29 is 8.42 Å². The Kier molecular flexibility index (Phi) is 5.47. The lowest BCUT2D eigenvalue weighted by Gasteiger charge is -2.38. The van der Waals surface area contributed by atoms with Gasteiger partial charge in [-0.05, 0) is 50.2 Å². The molecular formula is C18H29N3O2S. The number of hydrogen-bond acceptors (Lipinski definition) is 3. The Morgan fingerprint density at radius 1 is 1.04 bits per heavy atom. The summed E-state index contributed by atoms with van der Waals surface area (Å²) in [5.41, 5.74) is 2.39. The minimum Gasteiger partial charge on any atom is -0.382 e. The molecule has 134 valence electrons. The summed E-state index contributed by atoms with van der Waals surface area (Å²) in [7, 11) is -3.28. The molecule has 0 bridgehead atoms. The molecule has 0 unspecified atom stereocenters. The van der Waals surface area contributed by atoms with Gasteiger partial charge in [0.15, 0.2) is 0 Å². The normalized spacial score (nSPS) is 24.8. The lowest BCUT2D eigenvalue weighted by atomic mass is 10.0. The number of rotatable bonds is 4. The van der Waals surface area contributed by atoms with Crippen LogP contribution in [0, 0.1) is 12.8 Å². The molecule has 0 amide bonds. The topological polar surface area (TPSA) is 52.7 Å². The lowest BCUT2D eigenvalue weighted by Crippen LogP contribution is -2.51. The molecule has 0 radical (unpaired) electrons. The molecule has 2 aliphatic rings. The summed E-state index contributed by atoms with van der Waals surface area (Å²) in [5.74, 6) is 0.466. The molecule has 2 heterocycles. The van der Waals surface area contributed by atoms with E-state index in [2.05, 4.69) is 31.3 Å². The van der Waals surface area contributed by atoms with Crippen LogP contribution >= 0.6 is 0 Å². The Bertz CT molecular complexity index is 654. The third kappa shape index (κ3) is 3.92. The molecule has 1 atom stereocenters. The van der Waals surface area contributed by atoms with Crippen LogP contribution in [0.15, 0.2) is 24.3 Å². The van der Waals surface area contributed by atoms with Crippen LogP contribution in [0.2, 0.25) is 0 Å². The molecule has 2 fully saturated rings. The molecule has 0 saturated carbocycles. The van der Waals surface area contributed by atoms with Gasteiger partial charge in [0.05, 0.1) is 0 Å². The molecule has 24 heavy (non-hydrogen) atoms. The van der Waals surface area contributed by atoms with Gasteiger partial charge >= 0.3 is 0 Å². The molecule has 0 aliphatic carbocycles. The minimum atomic E-state index is -3.28. The highest BCUT2D eigenvalue weighted by atomic mass is 32.2. The van der Waals surface area contributed by atoms with Crippen molar-refractivity contribution in [3.63, 3.8) is 0 Å². The van der Waals surface area contributed by atoms with Gasteiger partial charge in [0.2, 0.25) is 0 Å². The van der Waals surface area contributed by atoms with Crippen LogP contribution in [-0.4, -0.2) is 49.2 Å². The molecule has 2 saturated heterocycles. The minimum absolute atomic E-state index is 0.345. The first-order valence-electron chi connectivity index (χ1n) is 9.04. The number of benzene rings is 1. The van der Waals surface area contributed by atoms with Gasteiger partial charge in [-0.25, -0.2) is 0 Å². The van der Waals surface area contributed by atoms with Crippen molar-refractivity contribution in [3.8, 4) is 0 Å². The Morgan fingerprint density at radius 3 is 2.42 bits per heavy atom. The van der Waals surface area contributed by atoms with Crippen molar-refractivity contribution in [2.45, 2.75) is 45.6 Å². The number of para-hydroxylation sites is 1. The van der Waals surface area contributed by atoms with E-state index in [4.69, 9.17) is 0 Å². The zero-order valence-electron chi connectivity index (χ0n) is 14.7. The molecule has 1 N–H and O–H groups in total. The van der Waals surface area contributed by atoms with Crippen LogP contribution in [0.1, 0.15) is 38.2 Å². The van der Waals surface area contributed by atoms with Crippen molar-refractivity contribution >= 4 is 15.9 Å².